The largest absolute Gasteiger partial charge is 0.494 e. The van der Waals surface area contributed by atoms with Crippen LogP contribution in [0.15, 0.2) is 24.3 Å². The van der Waals surface area contributed by atoms with Gasteiger partial charge in [0.25, 0.3) is 0 Å². The Kier molecular flexibility index (Phi) is 6.27. The Labute approximate surface area is 107 Å². The zero-order chi connectivity index (χ0) is 12.5. The van der Waals surface area contributed by atoms with Crippen LogP contribution in [0, 0.1) is 11.8 Å². The minimum atomic E-state index is 0.146. The van der Waals surface area contributed by atoms with E-state index in [0.29, 0.717) is 6.61 Å². The maximum Gasteiger partial charge on any atom is 0.185 e. The Morgan fingerprint density at radius 2 is 2.06 bits per heavy atom. The molecule has 0 fully saturated rings. The van der Waals surface area contributed by atoms with Crippen molar-refractivity contribution in [3.05, 3.63) is 29.8 Å². The first-order chi connectivity index (χ1) is 8.22. The zero-order valence-corrected chi connectivity index (χ0v) is 11.0. The van der Waals surface area contributed by atoms with E-state index in [2.05, 4.69) is 11.8 Å². The van der Waals surface area contributed by atoms with E-state index in [1.807, 2.05) is 31.2 Å². The molecule has 0 N–H and O–H groups in total. The first-order valence-corrected chi connectivity index (χ1v) is 6.56. The van der Waals surface area contributed by atoms with Crippen molar-refractivity contribution < 1.29 is 9.53 Å². The lowest BCUT2D eigenvalue weighted by Crippen LogP contribution is -1.90. The molecule has 0 aliphatic carbocycles. The van der Waals surface area contributed by atoms with Crippen molar-refractivity contribution in [1.29, 1.82) is 0 Å². The maximum absolute atomic E-state index is 10.7. The number of carbonyl (C=O) groups excluding carboxylic acids is 1. The van der Waals surface area contributed by atoms with Gasteiger partial charge < -0.3 is 4.74 Å². The first kappa shape index (κ1) is 13.7. The van der Waals surface area contributed by atoms with Crippen molar-refractivity contribution in [2.24, 2.45) is 0 Å². The molecule has 1 aromatic rings. The van der Waals surface area contributed by atoms with Gasteiger partial charge in [0.1, 0.15) is 5.75 Å². The quantitative estimate of drug-likeness (QED) is 0.605. The highest BCUT2D eigenvalue weighted by molar-refractivity contribution is 8.13. The van der Waals surface area contributed by atoms with Crippen LogP contribution in [0.4, 0.5) is 0 Å². The summed E-state index contributed by atoms with van der Waals surface area (Å²) in [5.74, 6) is 7.73. The van der Waals surface area contributed by atoms with Gasteiger partial charge in [-0.2, -0.15) is 0 Å². The standard InChI is InChI=1S/C14H16O2S/c1-3-16-14-9-7-13(8-10-14)6-4-5-11-17-12(2)15/h7-10H,3,5,11H2,1-2H3. The van der Waals surface area contributed by atoms with E-state index in [-0.39, 0.29) is 5.12 Å². The smallest absolute Gasteiger partial charge is 0.185 e. The van der Waals surface area contributed by atoms with Crippen LogP contribution in [0.5, 0.6) is 5.75 Å². The Hall–Kier alpha value is -1.40. The molecule has 0 aliphatic rings. The summed E-state index contributed by atoms with van der Waals surface area (Å²) in [5.41, 5.74) is 0.973. The van der Waals surface area contributed by atoms with Gasteiger partial charge in [0, 0.05) is 24.7 Å². The molecule has 2 nitrogen and oxygen atoms in total. The summed E-state index contributed by atoms with van der Waals surface area (Å²) < 4.78 is 5.34. The summed E-state index contributed by atoms with van der Waals surface area (Å²) in [7, 11) is 0. The number of hydrogen-bond donors (Lipinski definition) is 0. The summed E-state index contributed by atoms with van der Waals surface area (Å²) in [6.45, 7) is 4.21. The lowest BCUT2D eigenvalue weighted by Gasteiger charge is -2.01. The average Bonchev–Trinajstić information content (AvgIpc) is 2.31. The van der Waals surface area contributed by atoms with E-state index in [1.165, 1.54) is 11.8 Å². The maximum atomic E-state index is 10.7. The van der Waals surface area contributed by atoms with Crippen LogP contribution in [0.3, 0.4) is 0 Å². The predicted octanol–water partition coefficient (Wildman–Crippen LogP) is 3.11. The zero-order valence-electron chi connectivity index (χ0n) is 10.2. The van der Waals surface area contributed by atoms with Crippen molar-refractivity contribution >= 4 is 16.9 Å². The molecule has 0 amide bonds. The first-order valence-electron chi connectivity index (χ1n) is 5.57. The van der Waals surface area contributed by atoms with Gasteiger partial charge in [-0.15, -0.1) is 0 Å². The molecule has 17 heavy (non-hydrogen) atoms. The van der Waals surface area contributed by atoms with Crippen LogP contribution in [0.1, 0.15) is 25.8 Å². The summed E-state index contributed by atoms with van der Waals surface area (Å²) in [6, 6.07) is 7.71. The highest BCUT2D eigenvalue weighted by atomic mass is 32.2. The van der Waals surface area contributed by atoms with Crippen molar-refractivity contribution in [3.63, 3.8) is 0 Å². The number of benzene rings is 1. The molecular formula is C14H16O2S. The van der Waals surface area contributed by atoms with Crippen LogP contribution in [-0.4, -0.2) is 17.5 Å². The minimum absolute atomic E-state index is 0.146. The number of thioether (sulfide) groups is 1. The van der Waals surface area contributed by atoms with E-state index in [4.69, 9.17) is 4.74 Å². The van der Waals surface area contributed by atoms with E-state index in [1.54, 1.807) is 6.92 Å². The van der Waals surface area contributed by atoms with Gasteiger partial charge in [0.15, 0.2) is 5.12 Å². The van der Waals surface area contributed by atoms with Gasteiger partial charge in [-0.1, -0.05) is 23.6 Å². The fourth-order valence-electron chi connectivity index (χ4n) is 1.21. The molecule has 0 unspecified atom stereocenters. The normalized spacial score (nSPS) is 9.29. The molecule has 1 aromatic carbocycles. The second-order valence-electron chi connectivity index (χ2n) is 3.35. The summed E-state index contributed by atoms with van der Waals surface area (Å²) >= 11 is 1.31. The van der Waals surface area contributed by atoms with Crippen LogP contribution >= 0.6 is 11.8 Å². The van der Waals surface area contributed by atoms with Crippen LogP contribution in [0.2, 0.25) is 0 Å². The highest BCUT2D eigenvalue weighted by Crippen LogP contribution is 2.11. The van der Waals surface area contributed by atoms with Gasteiger partial charge in [-0.3, -0.25) is 4.79 Å². The third kappa shape index (κ3) is 6.03. The van der Waals surface area contributed by atoms with Crippen molar-refractivity contribution in [1.82, 2.24) is 0 Å². The topological polar surface area (TPSA) is 26.3 Å². The molecule has 0 spiro atoms. The SMILES string of the molecule is CCOc1ccc(C#CCCSC(C)=O)cc1. The third-order valence-electron chi connectivity index (χ3n) is 1.93. The molecule has 3 heteroatoms. The molecule has 1 rings (SSSR count). The second-order valence-corrected chi connectivity index (χ2v) is 4.62. The van der Waals surface area contributed by atoms with Gasteiger partial charge in [0.05, 0.1) is 6.61 Å². The molecule has 0 atom stereocenters. The van der Waals surface area contributed by atoms with Crippen LogP contribution in [0.25, 0.3) is 0 Å². The van der Waals surface area contributed by atoms with Crippen molar-refractivity contribution in [2.75, 3.05) is 12.4 Å². The number of rotatable bonds is 4. The average molecular weight is 248 g/mol. The monoisotopic (exact) mass is 248 g/mol. The Morgan fingerprint density at radius 3 is 2.65 bits per heavy atom. The molecule has 0 heterocycles. The minimum Gasteiger partial charge on any atom is -0.494 e. The number of carbonyl (C=O) groups is 1. The fourth-order valence-corrected chi connectivity index (χ4v) is 1.70. The Bertz CT molecular complexity index is 412. The summed E-state index contributed by atoms with van der Waals surface area (Å²) in [4.78, 5) is 10.7. The van der Waals surface area contributed by atoms with Gasteiger partial charge in [-0.25, -0.2) is 0 Å². The molecule has 0 saturated heterocycles. The third-order valence-corrected chi connectivity index (χ3v) is 2.75. The number of ether oxygens (including phenoxy) is 1. The number of hydrogen-bond acceptors (Lipinski definition) is 3. The highest BCUT2D eigenvalue weighted by Gasteiger charge is 1.92. The fraction of sp³-hybridized carbons (Fsp3) is 0.357. The lowest BCUT2D eigenvalue weighted by atomic mass is 10.2. The predicted molar refractivity (Wildman–Crippen MR) is 72.2 cm³/mol. The van der Waals surface area contributed by atoms with E-state index >= 15 is 0 Å². The summed E-state index contributed by atoms with van der Waals surface area (Å²) in [6.07, 6.45) is 0.734. The Morgan fingerprint density at radius 1 is 1.35 bits per heavy atom. The lowest BCUT2D eigenvalue weighted by molar-refractivity contribution is -0.109. The Balaban J connectivity index is 2.40. The molecule has 0 aliphatic heterocycles. The molecule has 90 valence electrons. The van der Waals surface area contributed by atoms with Crippen LogP contribution in [-0.2, 0) is 4.79 Å². The van der Waals surface area contributed by atoms with Crippen molar-refractivity contribution in [3.8, 4) is 17.6 Å². The molecule has 0 bridgehead atoms. The molecule has 0 aromatic heterocycles. The second kappa shape index (κ2) is 7.81. The van der Waals surface area contributed by atoms with Crippen LogP contribution < -0.4 is 4.74 Å². The van der Waals surface area contributed by atoms with E-state index < -0.39 is 0 Å². The molecule has 0 radical (unpaired) electrons. The van der Waals surface area contributed by atoms with Crippen molar-refractivity contribution in [2.45, 2.75) is 20.3 Å². The van der Waals surface area contributed by atoms with E-state index in [0.717, 1.165) is 23.5 Å². The van der Waals surface area contributed by atoms with Gasteiger partial charge >= 0.3 is 0 Å². The van der Waals surface area contributed by atoms with Gasteiger partial charge in [0.2, 0.25) is 0 Å². The van der Waals surface area contributed by atoms with Gasteiger partial charge in [-0.05, 0) is 31.2 Å². The van der Waals surface area contributed by atoms with E-state index in [9.17, 15) is 4.79 Å². The summed E-state index contributed by atoms with van der Waals surface area (Å²) in [5, 5.41) is 0.146. The molecule has 0 saturated carbocycles. The molecular weight excluding hydrogens is 232 g/mol.